The molecule has 0 aliphatic rings. The molecule has 106 valence electrons. The molecular formula is C12H20N4O3. The van der Waals surface area contributed by atoms with E-state index in [0.717, 1.165) is 13.0 Å². The molecule has 0 saturated carbocycles. The average molecular weight is 268 g/mol. The van der Waals surface area contributed by atoms with E-state index in [2.05, 4.69) is 10.3 Å². The van der Waals surface area contributed by atoms with Crippen molar-refractivity contribution in [1.82, 2.24) is 4.98 Å². The lowest BCUT2D eigenvalue weighted by Gasteiger charge is -2.18. The SMILES string of the molecule is CCCNc1cc([N+](=O)[O-])cc(N(C)CCOC)n1. The van der Waals surface area contributed by atoms with Gasteiger partial charge in [0.05, 0.1) is 23.7 Å². The number of rotatable bonds is 8. The Kier molecular flexibility index (Phi) is 6.01. The Morgan fingerprint density at radius 2 is 2.26 bits per heavy atom. The number of hydrogen-bond donors (Lipinski definition) is 1. The number of pyridine rings is 1. The quantitative estimate of drug-likeness (QED) is 0.573. The zero-order chi connectivity index (χ0) is 14.3. The van der Waals surface area contributed by atoms with Crippen LogP contribution < -0.4 is 10.2 Å². The highest BCUT2D eigenvalue weighted by Crippen LogP contribution is 2.22. The third kappa shape index (κ3) is 4.70. The molecular weight excluding hydrogens is 248 g/mol. The highest BCUT2D eigenvalue weighted by molar-refractivity contribution is 5.55. The summed E-state index contributed by atoms with van der Waals surface area (Å²) in [6.07, 6.45) is 0.930. The Bertz CT molecular complexity index is 425. The predicted octanol–water partition coefficient (Wildman–Crippen LogP) is 1.89. The van der Waals surface area contributed by atoms with Gasteiger partial charge < -0.3 is 15.0 Å². The summed E-state index contributed by atoms with van der Waals surface area (Å²) < 4.78 is 4.99. The summed E-state index contributed by atoms with van der Waals surface area (Å²) in [5.74, 6) is 1.08. The monoisotopic (exact) mass is 268 g/mol. The minimum absolute atomic E-state index is 0.0351. The van der Waals surface area contributed by atoms with Gasteiger partial charge in [-0.1, -0.05) is 6.92 Å². The van der Waals surface area contributed by atoms with Gasteiger partial charge in [-0.3, -0.25) is 10.1 Å². The van der Waals surface area contributed by atoms with E-state index in [-0.39, 0.29) is 5.69 Å². The van der Waals surface area contributed by atoms with Crippen molar-refractivity contribution in [2.24, 2.45) is 0 Å². The molecule has 0 aliphatic carbocycles. The molecule has 1 aromatic heterocycles. The Hall–Kier alpha value is -1.89. The maximum Gasteiger partial charge on any atom is 0.276 e. The number of ether oxygens (including phenoxy) is 1. The zero-order valence-electron chi connectivity index (χ0n) is 11.5. The van der Waals surface area contributed by atoms with Crippen molar-refractivity contribution in [3.8, 4) is 0 Å². The van der Waals surface area contributed by atoms with Crippen LogP contribution in [0.25, 0.3) is 0 Å². The molecule has 19 heavy (non-hydrogen) atoms. The van der Waals surface area contributed by atoms with E-state index >= 15 is 0 Å². The van der Waals surface area contributed by atoms with Gasteiger partial charge in [-0.2, -0.15) is 0 Å². The number of anilines is 2. The molecule has 0 atom stereocenters. The maximum absolute atomic E-state index is 10.9. The fourth-order valence-corrected chi connectivity index (χ4v) is 1.49. The van der Waals surface area contributed by atoms with Gasteiger partial charge >= 0.3 is 0 Å². The summed E-state index contributed by atoms with van der Waals surface area (Å²) >= 11 is 0. The van der Waals surface area contributed by atoms with Crippen LogP contribution in [0.3, 0.4) is 0 Å². The fraction of sp³-hybridized carbons (Fsp3) is 0.583. The van der Waals surface area contributed by atoms with E-state index in [1.165, 1.54) is 12.1 Å². The van der Waals surface area contributed by atoms with E-state index in [1.54, 1.807) is 7.11 Å². The molecule has 0 aromatic carbocycles. The summed E-state index contributed by atoms with van der Waals surface area (Å²) in [6.45, 7) is 3.92. The summed E-state index contributed by atoms with van der Waals surface area (Å²) in [6, 6.07) is 2.91. The molecule has 0 aliphatic heterocycles. The lowest BCUT2D eigenvalue weighted by atomic mass is 10.3. The molecule has 1 aromatic rings. The minimum Gasteiger partial charge on any atom is -0.383 e. The van der Waals surface area contributed by atoms with E-state index < -0.39 is 4.92 Å². The van der Waals surface area contributed by atoms with Crippen LogP contribution in [0.2, 0.25) is 0 Å². The number of likely N-dealkylation sites (N-methyl/N-ethyl adjacent to an activating group) is 1. The first-order valence-electron chi connectivity index (χ1n) is 6.19. The van der Waals surface area contributed by atoms with Gasteiger partial charge in [0, 0.05) is 27.2 Å². The third-order valence-electron chi connectivity index (χ3n) is 2.59. The molecule has 0 fully saturated rings. The minimum atomic E-state index is -0.410. The molecule has 7 heteroatoms. The van der Waals surface area contributed by atoms with E-state index in [1.807, 2.05) is 18.9 Å². The van der Waals surface area contributed by atoms with Crippen LogP contribution in [0, 0.1) is 10.1 Å². The molecule has 0 amide bonds. The van der Waals surface area contributed by atoms with Gasteiger partial charge in [-0.05, 0) is 6.42 Å². The molecule has 7 nitrogen and oxygen atoms in total. The van der Waals surface area contributed by atoms with Crippen LogP contribution in [0.5, 0.6) is 0 Å². The first-order chi connectivity index (χ1) is 9.08. The van der Waals surface area contributed by atoms with Crippen molar-refractivity contribution >= 4 is 17.3 Å². The van der Waals surface area contributed by atoms with Crippen LogP contribution >= 0.6 is 0 Å². The molecule has 0 spiro atoms. The van der Waals surface area contributed by atoms with Gasteiger partial charge in [0.15, 0.2) is 0 Å². The van der Waals surface area contributed by atoms with Crippen LogP contribution in [-0.2, 0) is 4.74 Å². The standard InChI is InChI=1S/C12H20N4O3/c1-4-5-13-11-8-10(16(17)18)9-12(14-11)15(2)6-7-19-3/h8-9H,4-7H2,1-3H3,(H,13,14). The first kappa shape index (κ1) is 15.2. The van der Waals surface area contributed by atoms with Crippen LogP contribution in [0.4, 0.5) is 17.3 Å². The second kappa shape index (κ2) is 7.52. The molecule has 0 bridgehead atoms. The first-order valence-corrected chi connectivity index (χ1v) is 6.19. The second-order valence-electron chi connectivity index (χ2n) is 4.17. The lowest BCUT2D eigenvalue weighted by molar-refractivity contribution is -0.384. The smallest absolute Gasteiger partial charge is 0.276 e. The van der Waals surface area contributed by atoms with Crippen molar-refractivity contribution in [2.75, 3.05) is 44.1 Å². The lowest BCUT2D eigenvalue weighted by Crippen LogP contribution is -2.23. The number of nitrogens with zero attached hydrogens (tertiary/aromatic N) is 3. The van der Waals surface area contributed by atoms with Crippen molar-refractivity contribution in [1.29, 1.82) is 0 Å². The molecule has 0 radical (unpaired) electrons. The average Bonchev–Trinajstić information content (AvgIpc) is 2.42. The fourth-order valence-electron chi connectivity index (χ4n) is 1.49. The van der Waals surface area contributed by atoms with E-state index in [9.17, 15) is 10.1 Å². The second-order valence-corrected chi connectivity index (χ2v) is 4.17. The molecule has 0 saturated heterocycles. The molecule has 0 unspecified atom stereocenters. The van der Waals surface area contributed by atoms with Crippen LogP contribution in [0.15, 0.2) is 12.1 Å². The summed E-state index contributed by atoms with van der Waals surface area (Å²) in [5, 5.41) is 14.0. The van der Waals surface area contributed by atoms with E-state index in [4.69, 9.17) is 4.74 Å². The Labute approximate surface area is 112 Å². The summed E-state index contributed by atoms with van der Waals surface area (Å²) in [5.41, 5.74) is 0.0351. The van der Waals surface area contributed by atoms with Crippen molar-refractivity contribution in [3.63, 3.8) is 0 Å². The zero-order valence-corrected chi connectivity index (χ0v) is 11.5. The van der Waals surface area contributed by atoms with E-state index in [0.29, 0.717) is 24.8 Å². The molecule has 1 heterocycles. The molecule has 1 rings (SSSR count). The Morgan fingerprint density at radius 1 is 1.53 bits per heavy atom. The number of aromatic nitrogens is 1. The number of nitrogens with one attached hydrogen (secondary N) is 1. The maximum atomic E-state index is 10.9. The number of methoxy groups -OCH3 is 1. The molecule has 1 N–H and O–H groups in total. The largest absolute Gasteiger partial charge is 0.383 e. The van der Waals surface area contributed by atoms with Crippen LogP contribution in [0.1, 0.15) is 13.3 Å². The summed E-state index contributed by atoms with van der Waals surface area (Å²) in [7, 11) is 3.44. The predicted molar refractivity (Wildman–Crippen MR) is 74.8 cm³/mol. The van der Waals surface area contributed by atoms with Gasteiger partial charge in [-0.15, -0.1) is 0 Å². The normalized spacial score (nSPS) is 10.3. The third-order valence-corrected chi connectivity index (χ3v) is 2.59. The van der Waals surface area contributed by atoms with Gasteiger partial charge in [0.1, 0.15) is 11.6 Å². The van der Waals surface area contributed by atoms with Crippen molar-refractivity contribution < 1.29 is 9.66 Å². The van der Waals surface area contributed by atoms with Gasteiger partial charge in [0.2, 0.25) is 0 Å². The van der Waals surface area contributed by atoms with Crippen molar-refractivity contribution in [2.45, 2.75) is 13.3 Å². The van der Waals surface area contributed by atoms with Crippen LogP contribution in [-0.4, -0.2) is 43.8 Å². The van der Waals surface area contributed by atoms with Gasteiger partial charge in [-0.25, -0.2) is 4.98 Å². The highest BCUT2D eigenvalue weighted by Gasteiger charge is 2.13. The van der Waals surface area contributed by atoms with Crippen molar-refractivity contribution in [3.05, 3.63) is 22.2 Å². The number of hydrogen-bond acceptors (Lipinski definition) is 6. The Morgan fingerprint density at radius 3 is 2.84 bits per heavy atom. The number of nitro groups is 1. The Balaban J connectivity index is 2.94. The highest BCUT2D eigenvalue weighted by atomic mass is 16.6. The topological polar surface area (TPSA) is 80.5 Å². The summed E-state index contributed by atoms with van der Waals surface area (Å²) in [4.78, 5) is 16.7. The van der Waals surface area contributed by atoms with Gasteiger partial charge in [0.25, 0.3) is 5.69 Å².